The minimum atomic E-state index is -0.309. The van der Waals surface area contributed by atoms with Crippen molar-refractivity contribution in [2.75, 3.05) is 49.1 Å². The van der Waals surface area contributed by atoms with Gasteiger partial charge in [0.15, 0.2) is 0 Å². The SMILES string of the molecule is C=C/C=C(\C=C)C(=O)N1CCN(c2ccc([N+](=O)[O-])c(N3CCCC3)c2)CC1. The number of carbonyl (C=O) groups is 1. The molecule has 28 heavy (non-hydrogen) atoms. The summed E-state index contributed by atoms with van der Waals surface area (Å²) in [5, 5.41) is 11.4. The third kappa shape index (κ3) is 4.08. The fraction of sp³-hybridized carbons (Fsp3) is 0.381. The summed E-state index contributed by atoms with van der Waals surface area (Å²) in [4.78, 5) is 29.7. The van der Waals surface area contributed by atoms with E-state index < -0.39 is 0 Å². The van der Waals surface area contributed by atoms with Gasteiger partial charge in [-0.15, -0.1) is 0 Å². The summed E-state index contributed by atoms with van der Waals surface area (Å²) in [7, 11) is 0. The van der Waals surface area contributed by atoms with Crippen molar-refractivity contribution in [3.63, 3.8) is 0 Å². The van der Waals surface area contributed by atoms with Gasteiger partial charge in [0.2, 0.25) is 0 Å². The number of nitro benzene ring substituents is 1. The zero-order valence-electron chi connectivity index (χ0n) is 16.0. The lowest BCUT2D eigenvalue weighted by molar-refractivity contribution is -0.384. The molecule has 2 fully saturated rings. The van der Waals surface area contributed by atoms with Crippen LogP contribution >= 0.6 is 0 Å². The van der Waals surface area contributed by atoms with E-state index in [0.717, 1.165) is 31.6 Å². The molecular formula is C21H26N4O3. The van der Waals surface area contributed by atoms with Gasteiger partial charge >= 0.3 is 0 Å². The molecule has 1 amide bonds. The van der Waals surface area contributed by atoms with Crippen molar-refractivity contribution in [3.8, 4) is 0 Å². The molecule has 2 aliphatic rings. The molecule has 7 nitrogen and oxygen atoms in total. The number of piperazine rings is 1. The van der Waals surface area contributed by atoms with Crippen LogP contribution in [0.5, 0.6) is 0 Å². The molecule has 0 N–H and O–H groups in total. The molecule has 2 heterocycles. The zero-order valence-corrected chi connectivity index (χ0v) is 16.0. The molecule has 0 saturated carbocycles. The van der Waals surface area contributed by atoms with E-state index in [4.69, 9.17) is 0 Å². The smallest absolute Gasteiger partial charge is 0.292 e. The van der Waals surface area contributed by atoms with Crippen LogP contribution in [0.4, 0.5) is 17.1 Å². The molecule has 0 aromatic heterocycles. The van der Waals surface area contributed by atoms with Crippen LogP contribution in [0.15, 0.2) is 55.2 Å². The van der Waals surface area contributed by atoms with E-state index in [1.54, 1.807) is 29.2 Å². The summed E-state index contributed by atoms with van der Waals surface area (Å²) in [5.74, 6) is -0.0454. The molecule has 3 rings (SSSR count). The second kappa shape index (κ2) is 8.73. The molecular weight excluding hydrogens is 356 g/mol. The van der Waals surface area contributed by atoms with Crippen LogP contribution in [0.2, 0.25) is 0 Å². The molecule has 0 bridgehead atoms. The Morgan fingerprint density at radius 2 is 1.71 bits per heavy atom. The number of amides is 1. The summed E-state index contributed by atoms with van der Waals surface area (Å²) >= 11 is 0. The number of allylic oxidation sites excluding steroid dienone is 2. The van der Waals surface area contributed by atoms with Gasteiger partial charge < -0.3 is 14.7 Å². The summed E-state index contributed by atoms with van der Waals surface area (Å²) in [6, 6.07) is 5.33. The molecule has 2 aliphatic heterocycles. The molecule has 0 unspecified atom stereocenters. The monoisotopic (exact) mass is 382 g/mol. The van der Waals surface area contributed by atoms with Gasteiger partial charge in [-0.05, 0) is 25.0 Å². The predicted octanol–water partition coefficient (Wildman–Crippen LogP) is 3.14. The summed E-state index contributed by atoms with van der Waals surface area (Å²) in [5.41, 5.74) is 2.35. The average molecular weight is 382 g/mol. The quantitative estimate of drug-likeness (QED) is 0.327. The molecule has 0 spiro atoms. The van der Waals surface area contributed by atoms with E-state index in [0.29, 0.717) is 37.4 Å². The van der Waals surface area contributed by atoms with Gasteiger partial charge in [0.25, 0.3) is 11.6 Å². The minimum Gasteiger partial charge on any atom is -0.368 e. The van der Waals surface area contributed by atoms with Crippen LogP contribution in [-0.2, 0) is 4.79 Å². The van der Waals surface area contributed by atoms with E-state index in [2.05, 4.69) is 23.0 Å². The van der Waals surface area contributed by atoms with Crippen LogP contribution in [0.3, 0.4) is 0 Å². The van der Waals surface area contributed by atoms with Crippen molar-refractivity contribution in [2.45, 2.75) is 12.8 Å². The number of nitrogens with zero attached hydrogens (tertiary/aromatic N) is 4. The number of benzene rings is 1. The Morgan fingerprint density at radius 3 is 2.29 bits per heavy atom. The van der Waals surface area contributed by atoms with E-state index in [9.17, 15) is 14.9 Å². The van der Waals surface area contributed by atoms with E-state index in [1.165, 1.54) is 0 Å². The second-order valence-electron chi connectivity index (χ2n) is 6.97. The first-order valence-corrected chi connectivity index (χ1v) is 9.58. The highest BCUT2D eigenvalue weighted by atomic mass is 16.6. The highest BCUT2D eigenvalue weighted by Crippen LogP contribution is 2.34. The topological polar surface area (TPSA) is 69.9 Å². The molecule has 2 saturated heterocycles. The van der Waals surface area contributed by atoms with Crippen LogP contribution in [0.1, 0.15) is 12.8 Å². The number of rotatable bonds is 6. The third-order valence-electron chi connectivity index (χ3n) is 5.30. The second-order valence-corrected chi connectivity index (χ2v) is 6.97. The molecule has 1 aromatic rings. The van der Waals surface area contributed by atoms with Gasteiger partial charge in [-0.2, -0.15) is 0 Å². The standard InChI is InChI=1S/C21H26N4O3/c1-3-7-17(4-2)21(26)24-14-12-22(13-15-24)18-8-9-19(25(27)28)20(16-18)23-10-5-6-11-23/h3-4,7-9,16H,1-2,5-6,10-15H2/b17-7+. The zero-order chi connectivity index (χ0) is 20.1. The fourth-order valence-electron chi connectivity index (χ4n) is 3.78. The van der Waals surface area contributed by atoms with E-state index >= 15 is 0 Å². The first kappa shape index (κ1) is 19.7. The summed E-state index contributed by atoms with van der Waals surface area (Å²) < 4.78 is 0. The van der Waals surface area contributed by atoms with Gasteiger partial charge in [-0.1, -0.05) is 31.4 Å². The average Bonchev–Trinajstić information content (AvgIpc) is 3.26. The first-order valence-electron chi connectivity index (χ1n) is 9.58. The van der Waals surface area contributed by atoms with Gasteiger partial charge in [0.05, 0.1) is 4.92 Å². The number of hydrogen-bond acceptors (Lipinski definition) is 5. The van der Waals surface area contributed by atoms with Crippen molar-refractivity contribution in [3.05, 3.63) is 65.3 Å². The Kier molecular flexibility index (Phi) is 6.13. The van der Waals surface area contributed by atoms with Crippen LogP contribution in [0.25, 0.3) is 0 Å². The Balaban J connectivity index is 1.73. The van der Waals surface area contributed by atoms with E-state index in [1.807, 2.05) is 12.1 Å². The first-order chi connectivity index (χ1) is 13.5. The van der Waals surface area contributed by atoms with Crippen LogP contribution in [-0.4, -0.2) is 55.0 Å². The largest absolute Gasteiger partial charge is 0.368 e. The number of hydrogen-bond donors (Lipinski definition) is 0. The Hall–Kier alpha value is -3.09. The van der Waals surface area contributed by atoms with Crippen molar-refractivity contribution < 1.29 is 9.72 Å². The number of anilines is 2. The van der Waals surface area contributed by atoms with Gasteiger partial charge in [-0.3, -0.25) is 14.9 Å². The fourth-order valence-corrected chi connectivity index (χ4v) is 3.78. The highest BCUT2D eigenvalue weighted by Gasteiger charge is 2.26. The Morgan fingerprint density at radius 1 is 1.04 bits per heavy atom. The minimum absolute atomic E-state index is 0.0454. The lowest BCUT2D eigenvalue weighted by Gasteiger charge is -2.36. The molecule has 0 aliphatic carbocycles. The van der Waals surface area contributed by atoms with Gasteiger partial charge in [0, 0.05) is 56.6 Å². The Labute approximate surface area is 165 Å². The lowest BCUT2D eigenvalue weighted by atomic mass is 10.1. The predicted molar refractivity (Wildman–Crippen MR) is 112 cm³/mol. The van der Waals surface area contributed by atoms with Crippen molar-refractivity contribution in [1.82, 2.24) is 4.90 Å². The lowest BCUT2D eigenvalue weighted by Crippen LogP contribution is -2.49. The van der Waals surface area contributed by atoms with E-state index in [-0.39, 0.29) is 16.5 Å². The summed E-state index contributed by atoms with van der Waals surface area (Å²) in [6.45, 7) is 11.6. The van der Waals surface area contributed by atoms with Crippen LogP contribution in [0, 0.1) is 10.1 Å². The maximum absolute atomic E-state index is 12.5. The Bertz CT molecular complexity index is 804. The molecule has 7 heteroatoms. The van der Waals surface area contributed by atoms with Gasteiger partial charge in [-0.25, -0.2) is 0 Å². The van der Waals surface area contributed by atoms with Crippen LogP contribution < -0.4 is 9.80 Å². The normalized spacial score (nSPS) is 17.6. The number of nitro groups is 1. The van der Waals surface area contributed by atoms with Crippen molar-refractivity contribution >= 4 is 23.0 Å². The third-order valence-corrected chi connectivity index (χ3v) is 5.30. The van der Waals surface area contributed by atoms with Gasteiger partial charge in [0.1, 0.15) is 5.69 Å². The number of carbonyl (C=O) groups excluding carboxylic acids is 1. The van der Waals surface area contributed by atoms with Crippen molar-refractivity contribution in [1.29, 1.82) is 0 Å². The molecule has 0 radical (unpaired) electrons. The highest BCUT2D eigenvalue weighted by molar-refractivity contribution is 5.96. The maximum Gasteiger partial charge on any atom is 0.292 e. The molecule has 1 aromatic carbocycles. The summed E-state index contributed by atoms with van der Waals surface area (Å²) in [6.07, 6.45) is 6.93. The molecule has 148 valence electrons. The maximum atomic E-state index is 12.5. The molecule has 0 atom stereocenters. The van der Waals surface area contributed by atoms with Crippen molar-refractivity contribution in [2.24, 2.45) is 0 Å².